The van der Waals surface area contributed by atoms with E-state index in [1.54, 1.807) is 48.5 Å². The summed E-state index contributed by atoms with van der Waals surface area (Å²) >= 11 is 0. The predicted octanol–water partition coefficient (Wildman–Crippen LogP) is 2.74. The second-order valence-corrected chi connectivity index (χ2v) is 8.19. The van der Waals surface area contributed by atoms with Gasteiger partial charge in [0.2, 0.25) is 5.91 Å². The third kappa shape index (κ3) is 7.33. The van der Waals surface area contributed by atoms with E-state index in [-0.39, 0.29) is 18.9 Å². The minimum Gasteiger partial charge on any atom is -0.442 e. The van der Waals surface area contributed by atoms with Gasteiger partial charge in [-0.05, 0) is 48.5 Å². The molecule has 1 aliphatic heterocycles. The van der Waals surface area contributed by atoms with Crippen molar-refractivity contribution >= 4 is 36.1 Å². The van der Waals surface area contributed by atoms with E-state index in [0.717, 1.165) is 18.1 Å². The van der Waals surface area contributed by atoms with Crippen molar-refractivity contribution in [2.24, 2.45) is 10.3 Å². The molecule has 1 aliphatic rings. The van der Waals surface area contributed by atoms with Crippen LogP contribution in [0.25, 0.3) is 0 Å². The highest BCUT2D eigenvalue weighted by Crippen LogP contribution is 2.19. The lowest BCUT2D eigenvalue weighted by Gasteiger charge is -2.37. The number of urea groups is 1. The predicted molar refractivity (Wildman–Crippen MR) is 106 cm³/mol. The summed E-state index contributed by atoms with van der Waals surface area (Å²) in [6.45, 7) is 12.4. The lowest BCUT2D eigenvalue weighted by Crippen LogP contribution is -2.61. The summed E-state index contributed by atoms with van der Waals surface area (Å²) in [5, 5.41) is 9.19. The maximum absolute atomic E-state index is 12.9. The van der Waals surface area contributed by atoms with Crippen LogP contribution in [0.15, 0.2) is 10.3 Å². The SMILES string of the molecule is CCO/N=C\C1=NN(C(=O)OC(C)(C)C)C(=O)N(N(C(C)=O)C(=O)OC(C)(C)C)C1. The highest BCUT2D eigenvalue weighted by atomic mass is 16.6. The van der Waals surface area contributed by atoms with Gasteiger partial charge in [0.15, 0.2) is 0 Å². The molecular weight excluding hydrogens is 398 g/mol. The molecule has 0 aromatic rings. The summed E-state index contributed by atoms with van der Waals surface area (Å²) in [4.78, 5) is 55.0. The molecule has 1 heterocycles. The van der Waals surface area contributed by atoms with Crippen molar-refractivity contribution < 1.29 is 33.5 Å². The lowest BCUT2D eigenvalue weighted by molar-refractivity contribution is -0.140. The second-order valence-electron chi connectivity index (χ2n) is 8.19. The zero-order valence-corrected chi connectivity index (χ0v) is 18.6. The molecule has 0 radical (unpaired) electrons. The van der Waals surface area contributed by atoms with Crippen molar-refractivity contribution in [3.8, 4) is 0 Å². The van der Waals surface area contributed by atoms with Crippen molar-refractivity contribution in [3.05, 3.63) is 0 Å². The lowest BCUT2D eigenvalue weighted by atomic mass is 10.2. The van der Waals surface area contributed by atoms with Crippen molar-refractivity contribution in [2.45, 2.75) is 66.6 Å². The number of carbonyl (C=O) groups is 4. The van der Waals surface area contributed by atoms with E-state index in [2.05, 4.69) is 10.3 Å². The summed E-state index contributed by atoms with van der Waals surface area (Å²) in [6.07, 6.45) is -1.02. The molecule has 0 aromatic heterocycles. The number of hydrogen-bond acceptors (Lipinski definition) is 9. The second kappa shape index (κ2) is 9.55. The molecule has 0 aliphatic carbocycles. The van der Waals surface area contributed by atoms with E-state index in [0.29, 0.717) is 10.0 Å². The van der Waals surface area contributed by atoms with Gasteiger partial charge < -0.3 is 14.3 Å². The monoisotopic (exact) mass is 427 g/mol. The number of hydrazone groups is 1. The van der Waals surface area contributed by atoms with Crippen molar-refractivity contribution in [2.75, 3.05) is 13.2 Å². The molecule has 5 amide bonds. The van der Waals surface area contributed by atoms with Crippen LogP contribution in [0.1, 0.15) is 55.4 Å². The summed E-state index contributed by atoms with van der Waals surface area (Å²) in [6, 6.07) is -1.07. The van der Waals surface area contributed by atoms with E-state index >= 15 is 0 Å². The first-order chi connectivity index (χ1) is 13.7. The van der Waals surface area contributed by atoms with Gasteiger partial charge >= 0.3 is 18.2 Å². The maximum Gasteiger partial charge on any atom is 0.439 e. The molecule has 0 atom stereocenters. The van der Waals surface area contributed by atoms with Gasteiger partial charge in [-0.1, -0.05) is 5.16 Å². The van der Waals surface area contributed by atoms with E-state index in [1.165, 1.54) is 0 Å². The van der Waals surface area contributed by atoms with Gasteiger partial charge in [-0.15, -0.1) is 10.0 Å². The molecule has 0 N–H and O–H groups in total. The van der Waals surface area contributed by atoms with E-state index in [9.17, 15) is 19.2 Å². The Morgan fingerprint density at radius 2 is 1.70 bits per heavy atom. The van der Waals surface area contributed by atoms with Gasteiger partial charge in [0.25, 0.3) is 0 Å². The Bertz CT molecular complexity index is 749. The third-order valence-corrected chi connectivity index (χ3v) is 3.02. The smallest absolute Gasteiger partial charge is 0.439 e. The standard InChI is InChI=1S/C18H29N5O7/c1-9-28-19-10-13-11-21(23(12(2)24)16(27)30-18(6,7)8)14(25)22(20-13)15(26)29-17(3,4)5/h10H,9,11H2,1-8H3/b19-10-. The zero-order chi connectivity index (χ0) is 23.3. The molecular formula is C18H29N5O7. The van der Waals surface area contributed by atoms with Crippen LogP contribution in [0.2, 0.25) is 0 Å². The number of rotatable bonds is 4. The number of nitrogens with zero attached hydrogens (tertiary/aromatic N) is 5. The molecule has 0 aromatic carbocycles. The number of hydrazine groups is 1. The van der Waals surface area contributed by atoms with Gasteiger partial charge in [-0.2, -0.15) is 5.10 Å². The molecule has 0 bridgehead atoms. The number of amides is 5. The van der Waals surface area contributed by atoms with Gasteiger partial charge in [0.1, 0.15) is 23.5 Å². The molecule has 30 heavy (non-hydrogen) atoms. The average molecular weight is 427 g/mol. The van der Waals surface area contributed by atoms with Gasteiger partial charge in [-0.3, -0.25) is 4.79 Å². The van der Waals surface area contributed by atoms with E-state index in [4.69, 9.17) is 14.3 Å². The highest BCUT2D eigenvalue weighted by Gasteiger charge is 2.42. The highest BCUT2D eigenvalue weighted by molar-refractivity contribution is 6.32. The fraction of sp³-hybridized carbons (Fsp3) is 0.667. The maximum atomic E-state index is 12.9. The molecule has 0 saturated heterocycles. The Hall–Kier alpha value is -3.18. The quantitative estimate of drug-likeness (QED) is 0.498. The van der Waals surface area contributed by atoms with Crippen LogP contribution in [-0.4, -0.2) is 75.4 Å². The Morgan fingerprint density at radius 1 is 1.13 bits per heavy atom. The minimum atomic E-state index is -1.09. The molecule has 0 fully saturated rings. The summed E-state index contributed by atoms with van der Waals surface area (Å²) in [5.74, 6) is -0.801. The number of oxime groups is 1. The van der Waals surface area contributed by atoms with Crippen molar-refractivity contribution in [1.29, 1.82) is 0 Å². The molecule has 168 valence electrons. The van der Waals surface area contributed by atoms with Gasteiger partial charge in [-0.25, -0.2) is 19.4 Å². The molecule has 0 unspecified atom stereocenters. The summed E-state index contributed by atoms with van der Waals surface area (Å²) in [7, 11) is 0. The fourth-order valence-corrected chi connectivity index (χ4v) is 2.06. The Balaban J connectivity index is 3.34. The topological polar surface area (TPSA) is 130 Å². The number of imide groups is 2. The Kier molecular flexibility index (Phi) is 7.91. The van der Waals surface area contributed by atoms with Gasteiger partial charge in [0, 0.05) is 6.92 Å². The van der Waals surface area contributed by atoms with Gasteiger partial charge in [0.05, 0.1) is 12.8 Å². The van der Waals surface area contributed by atoms with Crippen molar-refractivity contribution in [1.82, 2.24) is 15.0 Å². The molecule has 0 spiro atoms. The molecule has 0 saturated carbocycles. The van der Waals surface area contributed by atoms with E-state index in [1.807, 2.05) is 0 Å². The first kappa shape index (κ1) is 24.9. The molecule has 12 heteroatoms. The first-order valence-corrected chi connectivity index (χ1v) is 9.27. The third-order valence-electron chi connectivity index (χ3n) is 3.02. The van der Waals surface area contributed by atoms with Crippen LogP contribution in [0.4, 0.5) is 14.4 Å². The van der Waals surface area contributed by atoms with Crippen LogP contribution < -0.4 is 0 Å². The normalized spacial score (nSPS) is 15.1. The Morgan fingerprint density at radius 3 is 2.17 bits per heavy atom. The zero-order valence-electron chi connectivity index (χ0n) is 18.6. The largest absolute Gasteiger partial charge is 0.442 e. The number of hydrogen-bond donors (Lipinski definition) is 0. The van der Waals surface area contributed by atoms with Crippen LogP contribution in [0, 0.1) is 0 Å². The summed E-state index contributed by atoms with van der Waals surface area (Å²) in [5.41, 5.74) is -1.79. The summed E-state index contributed by atoms with van der Waals surface area (Å²) < 4.78 is 10.4. The number of ether oxygens (including phenoxy) is 2. The number of carbonyl (C=O) groups excluding carboxylic acids is 4. The molecule has 1 rings (SSSR count). The average Bonchev–Trinajstić information content (AvgIpc) is 2.54. The first-order valence-electron chi connectivity index (χ1n) is 9.27. The molecule has 12 nitrogen and oxygen atoms in total. The fourth-order valence-electron chi connectivity index (χ4n) is 2.06. The van der Waals surface area contributed by atoms with Crippen LogP contribution in [0.5, 0.6) is 0 Å². The van der Waals surface area contributed by atoms with Crippen LogP contribution in [-0.2, 0) is 19.1 Å². The van der Waals surface area contributed by atoms with Crippen molar-refractivity contribution in [3.63, 3.8) is 0 Å². The van der Waals surface area contributed by atoms with Crippen LogP contribution in [0.3, 0.4) is 0 Å². The Labute approximate surface area is 175 Å². The van der Waals surface area contributed by atoms with E-state index < -0.39 is 35.3 Å². The van der Waals surface area contributed by atoms with Crippen LogP contribution >= 0.6 is 0 Å². The minimum absolute atomic E-state index is 0.0590.